The normalized spacial score (nSPS) is 15.2. The van der Waals surface area contributed by atoms with Crippen LogP contribution in [0.3, 0.4) is 0 Å². The number of hydrogen-bond donors (Lipinski definition) is 0. The van der Waals surface area contributed by atoms with Crippen molar-refractivity contribution in [2.75, 3.05) is 6.54 Å². The molecule has 9 heteroatoms. The lowest BCUT2D eigenvalue weighted by atomic mass is 10.2. The number of carbonyl (C=O) groups excluding carboxylic acids is 2. The highest BCUT2D eigenvalue weighted by atomic mass is 79.9. The Balaban J connectivity index is 1.68. The molecule has 0 bridgehead atoms. The van der Waals surface area contributed by atoms with Gasteiger partial charge >= 0.3 is 0 Å². The zero-order valence-corrected chi connectivity index (χ0v) is 17.9. The fraction of sp³-hybridized carbons (Fsp3) is 0.200. The minimum Gasteiger partial charge on any atom is -0.488 e. The van der Waals surface area contributed by atoms with Gasteiger partial charge in [0.25, 0.3) is 16.8 Å². The first kappa shape index (κ1) is 21.1. The van der Waals surface area contributed by atoms with E-state index in [9.17, 15) is 19.7 Å². The van der Waals surface area contributed by atoms with Crippen molar-refractivity contribution in [1.29, 1.82) is 0 Å². The van der Waals surface area contributed by atoms with Crippen molar-refractivity contribution in [3.63, 3.8) is 0 Å². The molecule has 3 rings (SSSR count). The van der Waals surface area contributed by atoms with Crippen LogP contribution in [0.4, 0.5) is 10.5 Å². The second-order valence-corrected chi connectivity index (χ2v) is 8.08. The zero-order chi connectivity index (χ0) is 21.0. The number of ether oxygens (including phenoxy) is 1. The Hall–Kier alpha value is -2.65. The SMILES string of the molecule is CCCN1C(=O)S/C(=C\c2ccc(OCc3ccc([N+](=O)[O-])cc3)c(Br)c2)C1=O. The number of non-ortho nitro benzene ring substituents is 1. The van der Waals surface area contributed by atoms with Crippen molar-refractivity contribution < 1.29 is 19.2 Å². The number of thioether (sulfide) groups is 1. The number of amides is 2. The highest BCUT2D eigenvalue weighted by Gasteiger charge is 2.34. The van der Waals surface area contributed by atoms with Crippen LogP contribution in [-0.4, -0.2) is 27.5 Å². The van der Waals surface area contributed by atoms with Gasteiger partial charge in [-0.25, -0.2) is 0 Å². The van der Waals surface area contributed by atoms with E-state index in [4.69, 9.17) is 4.74 Å². The number of benzene rings is 2. The first-order valence-corrected chi connectivity index (χ1v) is 10.4. The predicted octanol–water partition coefficient (Wildman–Crippen LogP) is 5.38. The quantitative estimate of drug-likeness (QED) is 0.302. The second-order valence-electron chi connectivity index (χ2n) is 6.24. The van der Waals surface area contributed by atoms with Crippen LogP contribution >= 0.6 is 27.7 Å². The summed E-state index contributed by atoms with van der Waals surface area (Å²) in [7, 11) is 0. The summed E-state index contributed by atoms with van der Waals surface area (Å²) in [6.07, 6.45) is 2.41. The minimum atomic E-state index is -0.448. The highest BCUT2D eigenvalue weighted by Crippen LogP contribution is 2.34. The molecule has 29 heavy (non-hydrogen) atoms. The lowest BCUT2D eigenvalue weighted by Crippen LogP contribution is -2.28. The summed E-state index contributed by atoms with van der Waals surface area (Å²) in [4.78, 5) is 36.2. The van der Waals surface area contributed by atoms with Gasteiger partial charge in [0, 0.05) is 18.7 Å². The Morgan fingerprint density at radius 3 is 2.55 bits per heavy atom. The fourth-order valence-electron chi connectivity index (χ4n) is 2.67. The van der Waals surface area contributed by atoms with Crippen LogP contribution in [0.5, 0.6) is 5.75 Å². The Morgan fingerprint density at radius 2 is 1.93 bits per heavy atom. The maximum Gasteiger partial charge on any atom is 0.293 e. The van der Waals surface area contributed by atoms with Gasteiger partial charge in [0.05, 0.1) is 14.3 Å². The average molecular weight is 477 g/mol. The van der Waals surface area contributed by atoms with E-state index in [1.807, 2.05) is 6.92 Å². The molecule has 2 amide bonds. The van der Waals surface area contributed by atoms with Crippen LogP contribution in [0.15, 0.2) is 51.8 Å². The molecule has 0 unspecified atom stereocenters. The van der Waals surface area contributed by atoms with Crippen LogP contribution in [0.25, 0.3) is 6.08 Å². The molecule has 1 aliphatic rings. The molecule has 2 aromatic rings. The van der Waals surface area contributed by atoms with E-state index in [1.54, 1.807) is 36.4 Å². The minimum absolute atomic E-state index is 0.0302. The number of nitrogens with zero attached hydrogens (tertiary/aromatic N) is 2. The molecule has 0 atom stereocenters. The summed E-state index contributed by atoms with van der Waals surface area (Å²) >= 11 is 4.39. The maximum atomic E-state index is 12.3. The van der Waals surface area contributed by atoms with E-state index in [-0.39, 0.29) is 23.4 Å². The third-order valence-corrected chi connectivity index (χ3v) is 5.64. The number of nitro groups is 1. The van der Waals surface area contributed by atoms with Crippen molar-refractivity contribution >= 4 is 50.6 Å². The monoisotopic (exact) mass is 476 g/mol. The molecule has 1 saturated heterocycles. The van der Waals surface area contributed by atoms with Gasteiger partial charge in [-0.1, -0.05) is 13.0 Å². The van der Waals surface area contributed by atoms with Gasteiger partial charge in [-0.05, 0) is 75.6 Å². The molecule has 0 saturated carbocycles. The Bertz CT molecular complexity index is 991. The van der Waals surface area contributed by atoms with Gasteiger partial charge in [0.1, 0.15) is 12.4 Å². The average Bonchev–Trinajstić information content (AvgIpc) is 2.95. The molecule has 0 spiro atoms. The van der Waals surface area contributed by atoms with E-state index in [0.717, 1.165) is 29.3 Å². The molecular weight excluding hydrogens is 460 g/mol. The van der Waals surface area contributed by atoms with Crippen molar-refractivity contribution in [1.82, 2.24) is 4.90 Å². The molecule has 0 aliphatic carbocycles. The summed E-state index contributed by atoms with van der Waals surface area (Å²) in [5.74, 6) is 0.330. The van der Waals surface area contributed by atoms with E-state index in [2.05, 4.69) is 15.9 Å². The first-order chi connectivity index (χ1) is 13.9. The topological polar surface area (TPSA) is 89.8 Å². The lowest BCUT2D eigenvalue weighted by Gasteiger charge is -2.10. The molecule has 7 nitrogen and oxygen atoms in total. The molecule has 0 aromatic heterocycles. The van der Waals surface area contributed by atoms with Gasteiger partial charge in [-0.15, -0.1) is 0 Å². The Labute approximate surface area is 180 Å². The zero-order valence-electron chi connectivity index (χ0n) is 15.5. The van der Waals surface area contributed by atoms with Gasteiger partial charge in [0.2, 0.25) is 0 Å². The van der Waals surface area contributed by atoms with E-state index >= 15 is 0 Å². The van der Waals surface area contributed by atoms with E-state index in [0.29, 0.717) is 21.7 Å². The molecule has 0 N–H and O–H groups in total. The number of carbonyl (C=O) groups is 2. The molecule has 0 radical (unpaired) electrons. The van der Waals surface area contributed by atoms with Gasteiger partial charge < -0.3 is 4.74 Å². The van der Waals surface area contributed by atoms with Crippen molar-refractivity contribution in [2.45, 2.75) is 20.0 Å². The summed E-state index contributed by atoms with van der Waals surface area (Å²) in [6.45, 7) is 2.59. The Morgan fingerprint density at radius 1 is 1.21 bits per heavy atom. The maximum absolute atomic E-state index is 12.3. The largest absolute Gasteiger partial charge is 0.488 e. The first-order valence-electron chi connectivity index (χ1n) is 8.80. The number of hydrogen-bond acceptors (Lipinski definition) is 6. The van der Waals surface area contributed by atoms with Gasteiger partial charge in [-0.3, -0.25) is 24.6 Å². The number of imide groups is 1. The summed E-state index contributed by atoms with van der Waals surface area (Å²) in [5.41, 5.74) is 1.60. The third kappa shape index (κ3) is 5.04. The van der Waals surface area contributed by atoms with Crippen LogP contribution in [0.2, 0.25) is 0 Å². The van der Waals surface area contributed by atoms with E-state index in [1.165, 1.54) is 17.0 Å². The summed E-state index contributed by atoms with van der Waals surface area (Å²) < 4.78 is 6.46. The van der Waals surface area contributed by atoms with Crippen LogP contribution in [0.1, 0.15) is 24.5 Å². The molecular formula is C20H17BrN2O5S. The van der Waals surface area contributed by atoms with Crippen molar-refractivity contribution in [3.05, 3.63) is 73.1 Å². The van der Waals surface area contributed by atoms with Gasteiger partial charge in [0.15, 0.2) is 0 Å². The standard InChI is InChI=1S/C20H17BrN2O5S/c1-2-9-22-19(24)18(29-20(22)25)11-14-5-8-17(16(21)10-14)28-12-13-3-6-15(7-4-13)23(26)27/h3-8,10-11H,2,9,12H2,1H3/b18-11-. The summed E-state index contributed by atoms with van der Waals surface area (Å²) in [6, 6.07) is 11.5. The smallest absolute Gasteiger partial charge is 0.293 e. The molecule has 2 aromatic carbocycles. The van der Waals surface area contributed by atoms with E-state index < -0.39 is 4.92 Å². The second kappa shape index (κ2) is 9.23. The molecule has 1 heterocycles. The molecule has 1 fully saturated rings. The number of nitro benzene ring substituents is 1. The predicted molar refractivity (Wildman–Crippen MR) is 115 cm³/mol. The molecule has 150 valence electrons. The van der Waals surface area contributed by atoms with Crippen molar-refractivity contribution in [2.24, 2.45) is 0 Å². The van der Waals surface area contributed by atoms with Crippen LogP contribution in [0, 0.1) is 10.1 Å². The van der Waals surface area contributed by atoms with Gasteiger partial charge in [-0.2, -0.15) is 0 Å². The summed E-state index contributed by atoms with van der Waals surface area (Å²) in [5, 5.41) is 10.5. The third-order valence-electron chi connectivity index (χ3n) is 4.12. The lowest BCUT2D eigenvalue weighted by molar-refractivity contribution is -0.384. The fourth-order valence-corrected chi connectivity index (χ4v) is 4.04. The number of halogens is 1. The number of rotatable bonds is 7. The molecule has 1 aliphatic heterocycles. The Kier molecular flexibility index (Phi) is 6.71. The highest BCUT2D eigenvalue weighted by molar-refractivity contribution is 9.10. The van der Waals surface area contributed by atoms with Crippen LogP contribution in [-0.2, 0) is 11.4 Å². The van der Waals surface area contributed by atoms with Crippen LogP contribution < -0.4 is 4.74 Å². The van der Waals surface area contributed by atoms with Crippen molar-refractivity contribution in [3.8, 4) is 5.75 Å².